The van der Waals surface area contributed by atoms with E-state index in [9.17, 15) is 9.90 Å². The van der Waals surface area contributed by atoms with Crippen LogP contribution in [0.5, 0.6) is 0 Å². The Balaban J connectivity index is 1.73. The molecule has 8 heteroatoms. The predicted octanol–water partition coefficient (Wildman–Crippen LogP) is 3.78. The first kappa shape index (κ1) is 24.9. The van der Waals surface area contributed by atoms with E-state index in [4.69, 9.17) is 22.1 Å². The highest BCUT2D eigenvalue weighted by Crippen LogP contribution is 2.48. The number of nitrogens with one attached hydrogen (secondary N) is 1. The largest absolute Gasteiger partial charge is 0.380 e. The third kappa shape index (κ3) is 4.32. The van der Waals surface area contributed by atoms with E-state index in [0.717, 1.165) is 19.5 Å². The number of rotatable bonds is 5. The number of aliphatic hydroxyl groups is 1. The number of likely N-dealkylation sites (N-methyl/N-ethyl adjacent to an activating group) is 1. The summed E-state index contributed by atoms with van der Waals surface area (Å²) in [5.41, 5.74) is 7.65. The number of hydrogen-bond donors (Lipinski definition) is 3. The molecule has 0 aliphatic carbocycles. The fraction of sp³-hybridized carbons (Fsp3) is 0.500. The average Bonchev–Trinajstić information content (AvgIpc) is 3.22. The first-order chi connectivity index (χ1) is 16.1. The number of likely N-dealkylation sites (tertiary alicyclic amines) is 1. The molecule has 184 valence electrons. The molecular formula is C26H35ClN4O3. The van der Waals surface area contributed by atoms with Crippen molar-refractivity contribution in [1.82, 2.24) is 9.80 Å². The van der Waals surface area contributed by atoms with Crippen LogP contribution in [0.15, 0.2) is 42.5 Å². The smallest absolute Gasteiger partial charge is 0.322 e. The van der Waals surface area contributed by atoms with Crippen LogP contribution in [-0.4, -0.2) is 59.8 Å². The molecule has 4 N–H and O–H groups in total. The number of carbonyl (C=O) groups is 1. The van der Waals surface area contributed by atoms with Crippen molar-refractivity contribution in [1.29, 1.82) is 0 Å². The molecule has 2 aromatic carbocycles. The minimum atomic E-state index is -1.79. The highest BCUT2D eigenvalue weighted by Gasteiger charge is 2.61. The van der Waals surface area contributed by atoms with Crippen LogP contribution in [0, 0.1) is 5.92 Å². The Morgan fingerprint density at radius 1 is 1.26 bits per heavy atom. The predicted molar refractivity (Wildman–Crippen MR) is 135 cm³/mol. The van der Waals surface area contributed by atoms with Gasteiger partial charge in [0.15, 0.2) is 5.72 Å². The van der Waals surface area contributed by atoms with Gasteiger partial charge in [0.1, 0.15) is 0 Å². The van der Waals surface area contributed by atoms with Gasteiger partial charge in [0.2, 0.25) is 0 Å². The maximum atomic E-state index is 13.6. The van der Waals surface area contributed by atoms with E-state index in [0.29, 0.717) is 29.2 Å². The van der Waals surface area contributed by atoms with Crippen molar-refractivity contribution in [3.8, 4) is 0 Å². The zero-order valence-electron chi connectivity index (χ0n) is 20.3. The lowest BCUT2D eigenvalue weighted by atomic mass is 9.71. The molecule has 34 heavy (non-hydrogen) atoms. The molecule has 1 saturated heterocycles. The molecule has 2 aromatic rings. The first-order valence-corrected chi connectivity index (χ1v) is 12.2. The number of carbonyl (C=O) groups excluding carboxylic acids is 1. The highest BCUT2D eigenvalue weighted by atomic mass is 35.5. The van der Waals surface area contributed by atoms with E-state index in [1.54, 1.807) is 36.3 Å². The van der Waals surface area contributed by atoms with Crippen LogP contribution < -0.4 is 11.1 Å². The zero-order chi connectivity index (χ0) is 24.7. The maximum absolute atomic E-state index is 13.6. The second-order valence-corrected chi connectivity index (χ2v) is 10.4. The SMILES string of the molecule is COC1CN(C(=O)Nc2ccc(Cl)cc2)[C@](C(C)C)(C(N)(O)c2ccc3c(c2)CCN(C)C3)C1. The van der Waals surface area contributed by atoms with E-state index in [-0.39, 0.29) is 18.1 Å². The van der Waals surface area contributed by atoms with Gasteiger partial charge in [-0.15, -0.1) is 0 Å². The number of fused-ring (bicyclic) bond motifs is 1. The Morgan fingerprint density at radius 3 is 2.62 bits per heavy atom. The van der Waals surface area contributed by atoms with Gasteiger partial charge in [-0.25, -0.2) is 4.79 Å². The fourth-order valence-electron chi connectivity index (χ4n) is 5.56. The monoisotopic (exact) mass is 486 g/mol. The van der Waals surface area contributed by atoms with Gasteiger partial charge in [-0.05, 0) is 54.8 Å². The van der Waals surface area contributed by atoms with Crippen molar-refractivity contribution >= 4 is 23.3 Å². The minimum absolute atomic E-state index is 0.152. The average molecular weight is 487 g/mol. The van der Waals surface area contributed by atoms with Crippen molar-refractivity contribution < 1.29 is 14.6 Å². The summed E-state index contributed by atoms with van der Waals surface area (Å²) in [6.07, 6.45) is 1.06. The van der Waals surface area contributed by atoms with Crippen LogP contribution in [0.25, 0.3) is 0 Å². The molecule has 0 saturated carbocycles. The van der Waals surface area contributed by atoms with Crippen molar-refractivity contribution in [2.24, 2.45) is 11.7 Å². The lowest BCUT2D eigenvalue weighted by Crippen LogP contribution is -2.68. The van der Waals surface area contributed by atoms with Crippen LogP contribution in [0.1, 0.15) is 37.0 Å². The molecule has 0 bridgehead atoms. The molecule has 2 amide bonds. The third-order valence-corrected chi connectivity index (χ3v) is 7.80. The number of benzene rings is 2. The van der Waals surface area contributed by atoms with Gasteiger partial charge in [0.05, 0.1) is 11.6 Å². The third-order valence-electron chi connectivity index (χ3n) is 7.55. The Hall–Kier alpha value is -2.16. The molecule has 2 aliphatic rings. The second kappa shape index (κ2) is 9.47. The normalized spacial score (nSPS) is 24.7. The van der Waals surface area contributed by atoms with E-state index in [2.05, 4.69) is 17.3 Å². The number of methoxy groups -OCH3 is 1. The molecular weight excluding hydrogens is 452 g/mol. The van der Waals surface area contributed by atoms with Gasteiger partial charge >= 0.3 is 6.03 Å². The van der Waals surface area contributed by atoms with E-state index in [1.165, 1.54) is 11.1 Å². The molecule has 1 fully saturated rings. The van der Waals surface area contributed by atoms with Gasteiger partial charge in [-0.1, -0.05) is 43.6 Å². The summed E-state index contributed by atoms with van der Waals surface area (Å²) in [7, 11) is 3.73. The lowest BCUT2D eigenvalue weighted by molar-refractivity contribution is -0.110. The van der Waals surface area contributed by atoms with Crippen molar-refractivity contribution in [3.05, 3.63) is 64.2 Å². The number of nitrogens with two attached hydrogens (primary N) is 1. The Bertz CT molecular complexity index is 1040. The minimum Gasteiger partial charge on any atom is -0.380 e. The molecule has 0 radical (unpaired) electrons. The summed E-state index contributed by atoms with van der Waals surface area (Å²) in [6.45, 7) is 6.13. The van der Waals surface area contributed by atoms with Gasteiger partial charge in [0, 0.05) is 49.4 Å². The number of amides is 2. The van der Waals surface area contributed by atoms with Crippen LogP contribution in [-0.2, 0) is 23.4 Å². The number of nitrogens with zero attached hydrogens (tertiary/aromatic N) is 2. The number of anilines is 1. The summed E-state index contributed by atoms with van der Waals surface area (Å²) < 4.78 is 5.69. The molecule has 2 heterocycles. The summed E-state index contributed by atoms with van der Waals surface area (Å²) in [6, 6.07) is 12.6. The van der Waals surface area contributed by atoms with E-state index < -0.39 is 11.3 Å². The summed E-state index contributed by atoms with van der Waals surface area (Å²) in [5.74, 6) is -0.152. The molecule has 3 atom stereocenters. The Morgan fingerprint density at radius 2 is 1.97 bits per heavy atom. The standard InChI is InChI=1S/C26H35ClN4O3/c1-17(2)25(26(28,33)20-6-5-19-15-30(3)12-11-18(19)13-20)14-23(34-4)16-31(25)24(32)29-22-9-7-21(27)8-10-22/h5-10,13,17,23,33H,11-12,14-16,28H2,1-4H3,(H,29,32)/t23?,25-,26?/m1/s1. The van der Waals surface area contributed by atoms with Crippen LogP contribution in [0.4, 0.5) is 10.5 Å². The summed E-state index contributed by atoms with van der Waals surface area (Å²) in [5, 5.41) is 15.6. The van der Waals surface area contributed by atoms with Crippen molar-refractivity contribution in [2.45, 2.75) is 50.6 Å². The highest BCUT2D eigenvalue weighted by molar-refractivity contribution is 6.30. The molecule has 2 aliphatic heterocycles. The van der Waals surface area contributed by atoms with Gasteiger partial charge < -0.3 is 25.0 Å². The topological polar surface area (TPSA) is 91.1 Å². The number of urea groups is 1. The van der Waals surface area contributed by atoms with Crippen LogP contribution >= 0.6 is 11.6 Å². The van der Waals surface area contributed by atoms with Crippen LogP contribution in [0.2, 0.25) is 5.02 Å². The zero-order valence-corrected chi connectivity index (χ0v) is 21.1. The van der Waals surface area contributed by atoms with Crippen molar-refractivity contribution in [3.63, 3.8) is 0 Å². The van der Waals surface area contributed by atoms with E-state index >= 15 is 0 Å². The Kier molecular flexibility index (Phi) is 6.95. The quantitative estimate of drug-likeness (QED) is 0.559. The molecule has 7 nitrogen and oxygen atoms in total. The summed E-state index contributed by atoms with van der Waals surface area (Å²) >= 11 is 5.99. The first-order valence-electron chi connectivity index (χ1n) is 11.8. The molecule has 4 rings (SSSR count). The summed E-state index contributed by atoms with van der Waals surface area (Å²) in [4.78, 5) is 17.5. The van der Waals surface area contributed by atoms with Crippen LogP contribution in [0.3, 0.4) is 0 Å². The van der Waals surface area contributed by atoms with Gasteiger partial charge in [-0.3, -0.25) is 5.73 Å². The number of ether oxygens (including phenoxy) is 1. The van der Waals surface area contributed by atoms with E-state index in [1.807, 2.05) is 32.0 Å². The fourth-order valence-corrected chi connectivity index (χ4v) is 5.69. The number of hydrogen-bond acceptors (Lipinski definition) is 5. The van der Waals surface area contributed by atoms with Gasteiger partial charge in [-0.2, -0.15) is 0 Å². The van der Waals surface area contributed by atoms with Crippen molar-refractivity contribution in [2.75, 3.05) is 32.6 Å². The molecule has 2 unspecified atom stereocenters. The number of halogens is 1. The van der Waals surface area contributed by atoms with Gasteiger partial charge in [0.25, 0.3) is 0 Å². The second-order valence-electron chi connectivity index (χ2n) is 9.93. The lowest BCUT2D eigenvalue weighted by Gasteiger charge is -2.51. The maximum Gasteiger partial charge on any atom is 0.322 e. The Labute approximate surface area is 206 Å². The molecule has 0 spiro atoms. The molecule has 0 aromatic heterocycles.